The van der Waals surface area contributed by atoms with Crippen LogP contribution in [-0.4, -0.2) is 39.7 Å². The number of amides is 2. The van der Waals surface area contributed by atoms with E-state index < -0.39 is 0 Å². The zero-order valence-corrected chi connectivity index (χ0v) is 20.5. The maximum Gasteiger partial charge on any atom is 0.268 e. The van der Waals surface area contributed by atoms with E-state index in [1.165, 1.54) is 0 Å². The fourth-order valence-electron chi connectivity index (χ4n) is 5.09. The molecule has 1 saturated carbocycles. The number of nitrogens with zero attached hydrogens (tertiary/aromatic N) is 2. The summed E-state index contributed by atoms with van der Waals surface area (Å²) in [6, 6.07) is 13.7. The van der Waals surface area contributed by atoms with E-state index in [0.717, 1.165) is 43.0 Å². The highest BCUT2D eigenvalue weighted by Gasteiger charge is 2.33. The summed E-state index contributed by atoms with van der Waals surface area (Å²) in [7, 11) is 1.91. The van der Waals surface area contributed by atoms with Crippen molar-refractivity contribution in [3.8, 4) is 0 Å². The van der Waals surface area contributed by atoms with Gasteiger partial charge in [0.15, 0.2) is 0 Å². The fraction of sp³-hybridized carbons (Fsp3) is 0.481. The second kappa shape index (κ2) is 10.8. The van der Waals surface area contributed by atoms with Crippen molar-refractivity contribution < 1.29 is 9.59 Å². The number of rotatable bonds is 9. The molecule has 2 amide bonds. The number of nitrogens with one attached hydrogen (secondary N) is 3. The molecular formula is C27H37N5O2. The number of hydrogen-bond acceptors (Lipinski definition) is 3. The molecule has 0 saturated heterocycles. The van der Waals surface area contributed by atoms with Crippen LogP contribution in [0.5, 0.6) is 0 Å². The average molecular weight is 464 g/mol. The van der Waals surface area contributed by atoms with Gasteiger partial charge in [-0.05, 0) is 49.4 Å². The number of carbonyl (C=O) groups is 2. The second-order valence-corrected chi connectivity index (χ2v) is 9.91. The van der Waals surface area contributed by atoms with Gasteiger partial charge in [0.25, 0.3) is 5.91 Å². The minimum Gasteiger partial charge on any atom is -0.351 e. The van der Waals surface area contributed by atoms with Crippen molar-refractivity contribution in [3.63, 3.8) is 0 Å². The Kier molecular flexibility index (Phi) is 7.60. The molecule has 182 valence electrons. The standard InChI is InChI=1S/C27H37N5O2/c1-19(2)16-21(18-28-32-14-8-9-15-32)29-26(33)22-11-5-6-12-23(22)30-27(34)25-17-20-10-4-7-13-24(20)31(25)3/h4,7-10,13-15,17,19,21-23,28H,5-6,11-12,16,18H2,1-3H3,(H,29,33)(H,30,34)/t21-,22+,23-/m0/s1. The van der Waals surface area contributed by atoms with E-state index in [2.05, 4.69) is 29.9 Å². The largest absolute Gasteiger partial charge is 0.351 e. The first-order valence-electron chi connectivity index (χ1n) is 12.4. The monoisotopic (exact) mass is 463 g/mol. The number of aromatic nitrogens is 2. The minimum atomic E-state index is -0.214. The Morgan fingerprint density at radius 3 is 2.53 bits per heavy atom. The third-order valence-corrected chi connectivity index (χ3v) is 6.83. The van der Waals surface area contributed by atoms with E-state index in [9.17, 15) is 9.59 Å². The van der Waals surface area contributed by atoms with Crippen molar-refractivity contribution in [2.24, 2.45) is 18.9 Å². The van der Waals surface area contributed by atoms with Crippen molar-refractivity contribution in [1.82, 2.24) is 19.9 Å². The number of aryl methyl sites for hydroxylation is 1. The molecule has 0 radical (unpaired) electrons. The summed E-state index contributed by atoms with van der Waals surface area (Å²) < 4.78 is 3.83. The van der Waals surface area contributed by atoms with Crippen LogP contribution >= 0.6 is 0 Å². The normalized spacial score (nSPS) is 19.2. The Hall–Kier alpha value is -3.22. The zero-order chi connectivity index (χ0) is 24.1. The van der Waals surface area contributed by atoms with Crippen LogP contribution in [-0.2, 0) is 11.8 Å². The lowest BCUT2D eigenvalue weighted by Crippen LogP contribution is -2.52. The van der Waals surface area contributed by atoms with Crippen molar-refractivity contribution in [1.29, 1.82) is 0 Å². The molecule has 0 unspecified atom stereocenters. The highest BCUT2D eigenvalue weighted by atomic mass is 16.2. The van der Waals surface area contributed by atoms with Gasteiger partial charge in [0, 0.05) is 42.4 Å². The topological polar surface area (TPSA) is 80.1 Å². The molecule has 0 aliphatic heterocycles. The Morgan fingerprint density at radius 1 is 1.06 bits per heavy atom. The lowest BCUT2D eigenvalue weighted by molar-refractivity contribution is -0.127. The first-order valence-corrected chi connectivity index (χ1v) is 12.4. The van der Waals surface area contributed by atoms with Crippen LogP contribution in [0.3, 0.4) is 0 Å². The molecule has 34 heavy (non-hydrogen) atoms. The lowest BCUT2D eigenvalue weighted by Gasteiger charge is -2.33. The number of fused-ring (bicyclic) bond motifs is 1. The average Bonchev–Trinajstić information content (AvgIpc) is 3.45. The Labute approximate surface area is 201 Å². The maximum absolute atomic E-state index is 13.4. The molecule has 4 rings (SSSR count). The van der Waals surface area contributed by atoms with Gasteiger partial charge in [-0.1, -0.05) is 44.9 Å². The van der Waals surface area contributed by atoms with Crippen molar-refractivity contribution in [2.45, 2.75) is 58.0 Å². The summed E-state index contributed by atoms with van der Waals surface area (Å²) in [4.78, 5) is 26.6. The van der Waals surface area contributed by atoms with Gasteiger partial charge >= 0.3 is 0 Å². The molecular weight excluding hydrogens is 426 g/mol. The lowest BCUT2D eigenvalue weighted by atomic mass is 9.83. The first-order chi connectivity index (χ1) is 16.4. The minimum absolute atomic E-state index is 0.0198. The van der Waals surface area contributed by atoms with Gasteiger partial charge in [-0.3, -0.25) is 14.3 Å². The summed E-state index contributed by atoms with van der Waals surface area (Å²) in [5, 5.41) is 7.52. The molecule has 2 heterocycles. The van der Waals surface area contributed by atoms with Gasteiger partial charge in [0.2, 0.25) is 5.91 Å². The summed E-state index contributed by atoms with van der Waals surface area (Å²) in [5.74, 6) is 0.178. The molecule has 3 N–H and O–H groups in total. The van der Waals surface area contributed by atoms with Crippen molar-refractivity contribution in [2.75, 3.05) is 12.0 Å². The number of benzene rings is 1. The fourth-order valence-corrected chi connectivity index (χ4v) is 5.09. The van der Waals surface area contributed by atoms with E-state index >= 15 is 0 Å². The Bertz CT molecular complexity index is 1100. The van der Waals surface area contributed by atoms with Crippen LogP contribution in [0.15, 0.2) is 54.9 Å². The van der Waals surface area contributed by atoms with Crippen molar-refractivity contribution >= 4 is 22.7 Å². The van der Waals surface area contributed by atoms with E-state index in [1.54, 1.807) is 0 Å². The van der Waals surface area contributed by atoms with Crippen molar-refractivity contribution in [3.05, 3.63) is 60.6 Å². The molecule has 2 aromatic heterocycles. The molecule has 1 aliphatic rings. The van der Waals surface area contributed by atoms with E-state index in [4.69, 9.17) is 0 Å². The highest BCUT2D eigenvalue weighted by Crippen LogP contribution is 2.26. The van der Waals surface area contributed by atoms with Crippen LogP contribution in [0.1, 0.15) is 56.4 Å². The summed E-state index contributed by atoms with van der Waals surface area (Å²) in [6.07, 6.45) is 8.45. The maximum atomic E-state index is 13.4. The quantitative estimate of drug-likeness (QED) is 0.448. The first kappa shape index (κ1) is 23.9. The SMILES string of the molecule is CC(C)C[C@@H](CNn1cccc1)NC(=O)[C@@H]1CCCC[C@@H]1NC(=O)c1cc2ccccc2n1C. The smallest absolute Gasteiger partial charge is 0.268 e. The molecule has 7 heteroatoms. The number of hydrogen-bond donors (Lipinski definition) is 3. The molecule has 3 atom stereocenters. The third kappa shape index (κ3) is 5.64. The molecule has 0 spiro atoms. The summed E-state index contributed by atoms with van der Waals surface area (Å²) in [5.41, 5.74) is 5.00. The van der Waals surface area contributed by atoms with Gasteiger partial charge in [-0.15, -0.1) is 0 Å². The molecule has 1 fully saturated rings. The second-order valence-electron chi connectivity index (χ2n) is 9.91. The summed E-state index contributed by atoms with van der Waals surface area (Å²) in [6.45, 7) is 4.99. The van der Waals surface area contributed by atoms with Gasteiger partial charge in [-0.2, -0.15) is 0 Å². The number of para-hydroxylation sites is 1. The van der Waals surface area contributed by atoms with Gasteiger partial charge in [0.05, 0.1) is 12.5 Å². The van der Waals surface area contributed by atoms with Crippen LogP contribution < -0.4 is 16.1 Å². The molecule has 0 bridgehead atoms. The summed E-state index contributed by atoms with van der Waals surface area (Å²) >= 11 is 0. The molecule has 1 aliphatic carbocycles. The Morgan fingerprint density at radius 2 is 1.79 bits per heavy atom. The van der Waals surface area contributed by atoms with Crippen LogP contribution in [0, 0.1) is 11.8 Å². The van der Waals surface area contributed by atoms with E-state index in [-0.39, 0.29) is 29.8 Å². The predicted octanol–water partition coefficient (Wildman–Crippen LogP) is 4.04. The molecule has 3 aromatic rings. The van der Waals surface area contributed by atoms with Gasteiger partial charge in [0.1, 0.15) is 5.69 Å². The Balaban J connectivity index is 1.42. The predicted molar refractivity (Wildman–Crippen MR) is 136 cm³/mol. The molecule has 7 nitrogen and oxygen atoms in total. The third-order valence-electron chi connectivity index (χ3n) is 6.83. The molecule has 1 aromatic carbocycles. The van der Waals surface area contributed by atoms with E-state index in [0.29, 0.717) is 18.2 Å². The van der Waals surface area contributed by atoms with Gasteiger partial charge in [-0.25, -0.2) is 0 Å². The highest BCUT2D eigenvalue weighted by molar-refractivity contribution is 5.99. The van der Waals surface area contributed by atoms with E-state index in [1.807, 2.05) is 71.1 Å². The van der Waals surface area contributed by atoms with Crippen LogP contribution in [0.2, 0.25) is 0 Å². The van der Waals surface area contributed by atoms with Crippen LogP contribution in [0.25, 0.3) is 10.9 Å². The number of carbonyl (C=O) groups excluding carboxylic acids is 2. The van der Waals surface area contributed by atoms with Crippen LogP contribution in [0.4, 0.5) is 0 Å². The zero-order valence-electron chi connectivity index (χ0n) is 20.5. The van der Waals surface area contributed by atoms with Gasteiger partial charge < -0.3 is 20.6 Å².